The lowest BCUT2D eigenvalue weighted by molar-refractivity contribution is -0.191. The van der Waals surface area contributed by atoms with Crippen LogP contribution < -0.4 is 20.9 Å². The number of amides is 1. The molecule has 2 aromatic carbocycles. The number of rotatable bonds is 8. The van der Waals surface area contributed by atoms with Crippen molar-refractivity contribution in [1.29, 1.82) is 0 Å². The number of hydrogen-bond donors (Lipinski definition) is 3. The third-order valence-electron chi connectivity index (χ3n) is 7.90. The molecule has 3 heterocycles. The zero-order valence-electron chi connectivity index (χ0n) is 23.5. The fraction of sp³-hybridized carbons (Fsp3) is 0.281. The first-order chi connectivity index (χ1) is 20.8. The first-order valence-electron chi connectivity index (χ1n) is 13.8. The van der Waals surface area contributed by atoms with Crippen LogP contribution in [0.1, 0.15) is 46.9 Å². The predicted molar refractivity (Wildman–Crippen MR) is 152 cm³/mol. The first kappa shape index (κ1) is 29.5. The fourth-order valence-electron chi connectivity index (χ4n) is 5.35. The number of fused-ring (bicyclic) bond motifs is 1. The molecular weight excluding hydrogens is 580 g/mol. The molecule has 8 nitrogen and oxygen atoms in total. The SMILES string of the molecule is C[C@](O)(Cc1c(C(N)=O)ccc(OC2CC2)c1-c1cccnc1)c1cc2c(c(-c3ccc(F)cc3)n1)OC[C@@]2(N)C(F)(F)F. The standard InChI is InChI=1S/C32H28F4N4O4/c1-30(42,14-22-21(29(37)41)10-11-24(44-20-8-9-20)26(22)18-3-2-12-39-15-18)25-13-23-28(43-16-31(23,38)32(34,35)36)27(40-25)17-4-6-19(33)7-5-17/h2-7,10-13,15,20,42H,8-9,14,16,38H2,1H3,(H2,37,41)/t30-,31-/m0/s1. The van der Waals surface area contributed by atoms with Crippen molar-refractivity contribution in [2.45, 2.75) is 49.6 Å². The van der Waals surface area contributed by atoms with Crippen molar-refractivity contribution in [1.82, 2.24) is 9.97 Å². The van der Waals surface area contributed by atoms with E-state index in [1.54, 1.807) is 30.6 Å². The average Bonchev–Trinajstić information content (AvgIpc) is 3.72. The molecule has 0 bridgehead atoms. The molecule has 2 aromatic heterocycles. The van der Waals surface area contributed by atoms with Gasteiger partial charge in [0, 0.05) is 46.6 Å². The van der Waals surface area contributed by atoms with Gasteiger partial charge in [0.25, 0.3) is 0 Å². The summed E-state index contributed by atoms with van der Waals surface area (Å²) in [6.45, 7) is 0.453. The van der Waals surface area contributed by atoms with Crippen LogP contribution in [0, 0.1) is 5.82 Å². The summed E-state index contributed by atoms with van der Waals surface area (Å²) >= 11 is 0. The highest BCUT2D eigenvalue weighted by molar-refractivity contribution is 5.97. The van der Waals surface area contributed by atoms with Crippen LogP contribution in [-0.4, -0.2) is 39.9 Å². The Morgan fingerprint density at radius 2 is 1.86 bits per heavy atom. The van der Waals surface area contributed by atoms with Crippen LogP contribution in [0.25, 0.3) is 22.4 Å². The molecule has 2 atom stereocenters. The minimum Gasteiger partial charge on any atom is -0.490 e. The molecule has 4 aromatic rings. The molecule has 0 unspecified atom stereocenters. The Balaban J connectivity index is 1.54. The summed E-state index contributed by atoms with van der Waals surface area (Å²) in [4.78, 5) is 21.4. The van der Waals surface area contributed by atoms with Crippen molar-refractivity contribution in [3.8, 4) is 33.9 Å². The van der Waals surface area contributed by atoms with E-state index < -0.39 is 41.2 Å². The van der Waals surface area contributed by atoms with E-state index in [0.717, 1.165) is 31.0 Å². The number of aromatic nitrogens is 2. The van der Waals surface area contributed by atoms with Crippen molar-refractivity contribution in [3.63, 3.8) is 0 Å². The summed E-state index contributed by atoms with van der Waals surface area (Å²) < 4.78 is 68.3. The summed E-state index contributed by atoms with van der Waals surface area (Å²) in [5, 5.41) is 12.0. The topological polar surface area (TPSA) is 134 Å². The largest absolute Gasteiger partial charge is 0.490 e. The van der Waals surface area contributed by atoms with Gasteiger partial charge >= 0.3 is 6.18 Å². The van der Waals surface area contributed by atoms with Crippen LogP contribution in [-0.2, 0) is 17.6 Å². The van der Waals surface area contributed by atoms with Crippen molar-refractivity contribution >= 4 is 5.91 Å². The summed E-state index contributed by atoms with van der Waals surface area (Å²) in [7, 11) is 0. The number of benzene rings is 2. The Labute approximate surface area is 249 Å². The molecule has 5 N–H and O–H groups in total. The number of alkyl halides is 3. The van der Waals surface area contributed by atoms with Gasteiger partial charge in [0.05, 0.1) is 11.8 Å². The molecule has 0 saturated heterocycles. The number of hydrogen-bond acceptors (Lipinski definition) is 7. The van der Waals surface area contributed by atoms with Gasteiger partial charge in [-0.25, -0.2) is 9.37 Å². The molecule has 1 amide bonds. The summed E-state index contributed by atoms with van der Waals surface area (Å²) in [5.41, 5.74) is 7.81. The maximum atomic E-state index is 14.3. The number of nitrogens with zero attached hydrogens (tertiary/aromatic N) is 2. The third kappa shape index (κ3) is 5.24. The van der Waals surface area contributed by atoms with Gasteiger partial charge in [-0.05, 0) is 73.9 Å². The summed E-state index contributed by atoms with van der Waals surface area (Å²) in [6, 6.07) is 12.6. The lowest BCUT2D eigenvalue weighted by atomic mass is 9.83. The molecule has 0 spiro atoms. The highest BCUT2D eigenvalue weighted by Gasteiger charge is 2.59. The fourth-order valence-corrected chi connectivity index (χ4v) is 5.35. The molecule has 1 saturated carbocycles. The number of primary amides is 1. The van der Waals surface area contributed by atoms with E-state index in [9.17, 15) is 27.5 Å². The number of pyridine rings is 2. The van der Waals surface area contributed by atoms with E-state index in [1.165, 1.54) is 25.1 Å². The molecule has 1 fully saturated rings. The van der Waals surface area contributed by atoms with E-state index in [4.69, 9.17) is 20.9 Å². The van der Waals surface area contributed by atoms with Gasteiger partial charge in [-0.3, -0.25) is 9.78 Å². The van der Waals surface area contributed by atoms with Crippen LogP contribution in [0.15, 0.2) is 67.0 Å². The number of ether oxygens (including phenoxy) is 2. The maximum absolute atomic E-state index is 14.3. The van der Waals surface area contributed by atoms with Crippen LogP contribution in [0.2, 0.25) is 0 Å². The highest BCUT2D eigenvalue weighted by atomic mass is 19.4. The molecule has 228 valence electrons. The molecular formula is C32H28F4N4O4. The average molecular weight is 609 g/mol. The van der Waals surface area contributed by atoms with Gasteiger partial charge in [0.1, 0.15) is 29.5 Å². The summed E-state index contributed by atoms with van der Waals surface area (Å²) in [5.74, 6) is -1.12. The van der Waals surface area contributed by atoms with Crippen LogP contribution in [0.5, 0.6) is 11.5 Å². The van der Waals surface area contributed by atoms with E-state index in [0.29, 0.717) is 22.4 Å². The van der Waals surface area contributed by atoms with Crippen molar-refractivity contribution < 1.29 is 36.9 Å². The van der Waals surface area contributed by atoms with Gasteiger partial charge in [-0.15, -0.1) is 0 Å². The van der Waals surface area contributed by atoms with E-state index in [2.05, 4.69) is 9.97 Å². The quantitative estimate of drug-likeness (QED) is 0.236. The summed E-state index contributed by atoms with van der Waals surface area (Å²) in [6.07, 6.45) is -0.391. The molecule has 2 aliphatic rings. The predicted octanol–water partition coefficient (Wildman–Crippen LogP) is 5.15. The minimum absolute atomic E-state index is 0.0186. The third-order valence-corrected chi connectivity index (χ3v) is 7.90. The number of nitrogens with two attached hydrogens (primary N) is 2. The zero-order valence-corrected chi connectivity index (χ0v) is 23.5. The number of carbonyl (C=O) groups excluding carboxylic acids is 1. The molecule has 12 heteroatoms. The molecule has 44 heavy (non-hydrogen) atoms. The Kier molecular flexibility index (Phi) is 7.09. The normalized spacial score (nSPS) is 19.2. The molecule has 1 aliphatic carbocycles. The van der Waals surface area contributed by atoms with Crippen LogP contribution in [0.4, 0.5) is 17.6 Å². The first-order valence-corrected chi connectivity index (χ1v) is 13.8. The highest BCUT2D eigenvalue weighted by Crippen LogP contribution is 2.50. The number of aliphatic hydroxyl groups is 1. The Morgan fingerprint density at radius 3 is 2.48 bits per heavy atom. The van der Waals surface area contributed by atoms with Crippen molar-refractivity contribution in [2.75, 3.05) is 6.61 Å². The lowest BCUT2D eigenvalue weighted by Gasteiger charge is -2.29. The van der Waals surface area contributed by atoms with Gasteiger partial charge in [0.15, 0.2) is 11.3 Å². The van der Waals surface area contributed by atoms with Gasteiger partial charge in [-0.1, -0.05) is 6.07 Å². The second kappa shape index (κ2) is 10.6. The Hall–Kier alpha value is -4.55. The van der Waals surface area contributed by atoms with E-state index >= 15 is 0 Å². The molecule has 0 radical (unpaired) electrons. The maximum Gasteiger partial charge on any atom is 0.414 e. The van der Waals surface area contributed by atoms with E-state index in [-0.39, 0.29) is 40.8 Å². The van der Waals surface area contributed by atoms with E-state index in [1.807, 2.05) is 0 Å². The minimum atomic E-state index is -4.91. The van der Waals surface area contributed by atoms with Gasteiger partial charge < -0.3 is 26.0 Å². The zero-order chi connectivity index (χ0) is 31.4. The van der Waals surface area contributed by atoms with Crippen molar-refractivity contribution in [3.05, 3.63) is 95.2 Å². The molecule has 6 rings (SSSR count). The number of carbonyl (C=O) groups is 1. The van der Waals surface area contributed by atoms with Crippen LogP contribution >= 0.6 is 0 Å². The van der Waals surface area contributed by atoms with Crippen molar-refractivity contribution in [2.24, 2.45) is 11.5 Å². The Bertz CT molecular complexity index is 1740. The van der Waals surface area contributed by atoms with Crippen LogP contribution in [0.3, 0.4) is 0 Å². The second-order valence-corrected chi connectivity index (χ2v) is 11.3. The molecule has 1 aliphatic heterocycles. The monoisotopic (exact) mass is 608 g/mol. The lowest BCUT2D eigenvalue weighted by Crippen LogP contribution is -2.51. The number of halogens is 4. The smallest absolute Gasteiger partial charge is 0.414 e. The van der Waals surface area contributed by atoms with Gasteiger partial charge in [-0.2, -0.15) is 13.2 Å². The van der Waals surface area contributed by atoms with Gasteiger partial charge in [0.2, 0.25) is 5.91 Å². The second-order valence-electron chi connectivity index (χ2n) is 11.3. The Morgan fingerprint density at radius 1 is 1.14 bits per heavy atom.